The number of rotatable bonds is 4. The van der Waals surface area contributed by atoms with Crippen molar-refractivity contribution in [2.45, 2.75) is 11.8 Å². The highest BCUT2D eigenvalue weighted by Gasteiger charge is 2.01. The number of nitrogens with two attached hydrogens (primary N) is 1. The van der Waals surface area contributed by atoms with Crippen LogP contribution in [0.1, 0.15) is 6.92 Å². The van der Waals surface area contributed by atoms with Crippen molar-refractivity contribution in [3.8, 4) is 5.75 Å². The van der Waals surface area contributed by atoms with Gasteiger partial charge in [-0.05, 0) is 31.4 Å². The van der Waals surface area contributed by atoms with E-state index in [0.717, 1.165) is 16.3 Å². The van der Waals surface area contributed by atoms with E-state index in [9.17, 15) is 0 Å². The van der Waals surface area contributed by atoms with E-state index in [1.807, 2.05) is 31.4 Å². The van der Waals surface area contributed by atoms with Crippen molar-refractivity contribution in [2.24, 2.45) is 0 Å². The largest absolute Gasteiger partial charge is 0.494 e. The molecule has 72 valence electrons. The lowest BCUT2D eigenvalue weighted by Gasteiger charge is -2.07. The summed E-state index contributed by atoms with van der Waals surface area (Å²) < 4.78 is 5.37. The fraction of sp³-hybridized carbons (Fsp3) is 0.333. The Kier molecular flexibility index (Phi) is 4.32. The molecule has 0 aromatic heterocycles. The predicted molar refractivity (Wildman–Crippen MR) is 61.4 cm³/mol. The van der Waals surface area contributed by atoms with Crippen molar-refractivity contribution in [3.63, 3.8) is 0 Å². The van der Waals surface area contributed by atoms with Gasteiger partial charge in [0.05, 0.1) is 6.61 Å². The van der Waals surface area contributed by atoms with E-state index in [1.165, 1.54) is 0 Å². The normalized spacial score (nSPS) is 10.0. The van der Waals surface area contributed by atoms with Crippen LogP contribution in [-0.2, 0) is 0 Å². The van der Waals surface area contributed by atoms with Crippen LogP contribution in [0.5, 0.6) is 5.75 Å². The van der Waals surface area contributed by atoms with Crippen LogP contribution in [0.15, 0.2) is 23.1 Å². The summed E-state index contributed by atoms with van der Waals surface area (Å²) in [7, 11) is 3.33. The molecule has 0 bridgehead atoms. The predicted octanol–water partition coefficient (Wildman–Crippen LogP) is 3.04. The number of anilines is 1. The Morgan fingerprint density at radius 2 is 2.23 bits per heavy atom. The Morgan fingerprint density at radius 3 is 2.85 bits per heavy atom. The molecule has 0 atom stereocenters. The molecule has 0 spiro atoms. The SMILES string of the molecule is CCOc1ccc(N)c(SSC)c1. The van der Waals surface area contributed by atoms with Crippen molar-refractivity contribution in [1.29, 1.82) is 0 Å². The minimum absolute atomic E-state index is 0.688. The van der Waals surface area contributed by atoms with Crippen LogP contribution in [0.2, 0.25) is 0 Å². The zero-order valence-corrected chi connectivity index (χ0v) is 9.37. The fourth-order valence-corrected chi connectivity index (χ4v) is 2.41. The molecule has 2 nitrogen and oxygen atoms in total. The summed E-state index contributed by atoms with van der Waals surface area (Å²) in [6.07, 6.45) is 2.03. The monoisotopic (exact) mass is 215 g/mol. The third-order valence-electron chi connectivity index (χ3n) is 1.47. The van der Waals surface area contributed by atoms with Gasteiger partial charge in [-0.2, -0.15) is 0 Å². The molecular formula is C9H13NOS2. The number of hydrogen-bond acceptors (Lipinski definition) is 4. The van der Waals surface area contributed by atoms with Gasteiger partial charge in [0.25, 0.3) is 0 Å². The molecule has 0 unspecified atom stereocenters. The average Bonchev–Trinajstić information content (AvgIpc) is 2.12. The lowest BCUT2D eigenvalue weighted by atomic mass is 10.3. The van der Waals surface area contributed by atoms with Crippen LogP contribution in [-0.4, -0.2) is 12.9 Å². The first-order chi connectivity index (χ1) is 6.27. The Bertz CT molecular complexity index is 278. The summed E-state index contributed by atoms with van der Waals surface area (Å²) in [6.45, 7) is 2.66. The average molecular weight is 215 g/mol. The quantitative estimate of drug-likeness (QED) is 0.618. The van der Waals surface area contributed by atoms with Crippen molar-refractivity contribution < 1.29 is 4.74 Å². The minimum Gasteiger partial charge on any atom is -0.494 e. The topological polar surface area (TPSA) is 35.2 Å². The summed E-state index contributed by atoms with van der Waals surface area (Å²) in [5, 5.41) is 0. The van der Waals surface area contributed by atoms with Gasteiger partial charge in [0.2, 0.25) is 0 Å². The Labute approximate surface area is 86.6 Å². The minimum atomic E-state index is 0.688. The third-order valence-corrected chi connectivity index (χ3v) is 3.21. The summed E-state index contributed by atoms with van der Waals surface area (Å²) in [6, 6.07) is 5.74. The highest BCUT2D eigenvalue weighted by Crippen LogP contribution is 2.35. The van der Waals surface area contributed by atoms with Gasteiger partial charge < -0.3 is 10.5 Å². The lowest BCUT2D eigenvalue weighted by Crippen LogP contribution is -1.93. The van der Waals surface area contributed by atoms with Crippen LogP contribution in [0, 0.1) is 0 Å². The van der Waals surface area contributed by atoms with Crippen LogP contribution < -0.4 is 10.5 Å². The molecule has 0 aliphatic carbocycles. The van der Waals surface area contributed by atoms with E-state index in [2.05, 4.69) is 0 Å². The molecule has 1 aromatic carbocycles. The van der Waals surface area contributed by atoms with E-state index >= 15 is 0 Å². The molecule has 0 amide bonds. The van der Waals surface area contributed by atoms with Gasteiger partial charge in [-0.25, -0.2) is 0 Å². The van der Waals surface area contributed by atoms with Gasteiger partial charge in [-0.3, -0.25) is 0 Å². The first-order valence-corrected chi connectivity index (χ1v) is 6.56. The van der Waals surface area contributed by atoms with Gasteiger partial charge in [0.1, 0.15) is 5.75 Å². The zero-order valence-electron chi connectivity index (χ0n) is 7.74. The number of benzene rings is 1. The molecule has 0 aliphatic heterocycles. The number of hydrogen-bond donors (Lipinski definition) is 1. The fourth-order valence-electron chi connectivity index (χ4n) is 0.933. The maximum absolute atomic E-state index is 5.78. The highest BCUT2D eigenvalue weighted by molar-refractivity contribution is 8.76. The Balaban J connectivity index is 2.83. The molecule has 0 aliphatic rings. The van der Waals surface area contributed by atoms with E-state index in [1.54, 1.807) is 21.6 Å². The third kappa shape index (κ3) is 3.04. The second-order valence-electron chi connectivity index (χ2n) is 2.38. The van der Waals surface area contributed by atoms with Crippen LogP contribution in [0.25, 0.3) is 0 Å². The molecule has 0 fully saturated rings. The van der Waals surface area contributed by atoms with Gasteiger partial charge in [-0.15, -0.1) is 0 Å². The van der Waals surface area contributed by atoms with E-state index in [4.69, 9.17) is 10.5 Å². The molecule has 2 N–H and O–H groups in total. The molecule has 1 aromatic rings. The molecular weight excluding hydrogens is 202 g/mol. The second kappa shape index (κ2) is 5.29. The van der Waals surface area contributed by atoms with Crippen molar-refractivity contribution in [2.75, 3.05) is 18.6 Å². The first-order valence-electron chi connectivity index (χ1n) is 4.01. The van der Waals surface area contributed by atoms with Crippen molar-refractivity contribution in [1.82, 2.24) is 0 Å². The van der Waals surface area contributed by atoms with E-state index < -0.39 is 0 Å². The van der Waals surface area contributed by atoms with Gasteiger partial charge >= 0.3 is 0 Å². The molecule has 0 saturated carbocycles. The smallest absolute Gasteiger partial charge is 0.120 e. The van der Waals surface area contributed by atoms with Crippen molar-refractivity contribution >= 4 is 27.3 Å². The second-order valence-corrected chi connectivity index (χ2v) is 4.82. The Morgan fingerprint density at radius 1 is 1.46 bits per heavy atom. The highest BCUT2D eigenvalue weighted by atomic mass is 33.1. The summed E-state index contributed by atoms with van der Waals surface area (Å²) in [4.78, 5) is 1.07. The van der Waals surface area contributed by atoms with Crippen LogP contribution in [0.3, 0.4) is 0 Å². The summed E-state index contributed by atoms with van der Waals surface area (Å²) >= 11 is 0. The molecule has 0 heterocycles. The molecule has 1 rings (SSSR count). The molecule has 13 heavy (non-hydrogen) atoms. The zero-order chi connectivity index (χ0) is 9.68. The van der Waals surface area contributed by atoms with Crippen LogP contribution >= 0.6 is 21.6 Å². The maximum Gasteiger partial charge on any atom is 0.120 e. The van der Waals surface area contributed by atoms with Gasteiger partial charge in [0, 0.05) is 10.6 Å². The lowest BCUT2D eigenvalue weighted by molar-refractivity contribution is 0.339. The maximum atomic E-state index is 5.78. The molecule has 0 saturated heterocycles. The standard InChI is InChI=1S/C9H13NOS2/c1-3-11-7-4-5-8(10)9(6-7)13-12-2/h4-6H,3,10H2,1-2H3. The van der Waals surface area contributed by atoms with Crippen LogP contribution in [0.4, 0.5) is 5.69 Å². The summed E-state index contributed by atoms with van der Waals surface area (Å²) in [5.41, 5.74) is 6.59. The molecule has 4 heteroatoms. The first kappa shape index (κ1) is 10.6. The van der Waals surface area contributed by atoms with E-state index in [-0.39, 0.29) is 0 Å². The number of nitrogen functional groups attached to an aromatic ring is 1. The van der Waals surface area contributed by atoms with Crippen molar-refractivity contribution in [3.05, 3.63) is 18.2 Å². The van der Waals surface area contributed by atoms with E-state index in [0.29, 0.717) is 6.61 Å². The molecule has 0 radical (unpaired) electrons. The van der Waals surface area contributed by atoms with Gasteiger partial charge in [0.15, 0.2) is 0 Å². The summed E-state index contributed by atoms with van der Waals surface area (Å²) in [5.74, 6) is 0.883. The van der Waals surface area contributed by atoms with Gasteiger partial charge in [-0.1, -0.05) is 21.6 Å². The Hall–Kier alpha value is -0.480. The number of ether oxygens (including phenoxy) is 1.